The maximum atomic E-state index is 13.5. The smallest absolute Gasteiger partial charge is 0.236 e. The van der Waals surface area contributed by atoms with E-state index in [9.17, 15) is 14.0 Å². The average Bonchev–Trinajstić information content (AvgIpc) is 2.50. The quantitative estimate of drug-likeness (QED) is 0.866. The van der Waals surface area contributed by atoms with Crippen LogP contribution in [0.25, 0.3) is 0 Å². The average molecular weight is 293 g/mol. The van der Waals surface area contributed by atoms with Gasteiger partial charge in [0.25, 0.3) is 0 Å². The molecule has 1 fully saturated rings. The number of carbonyl (C=O) groups is 2. The first-order valence-electron chi connectivity index (χ1n) is 7.05. The van der Waals surface area contributed by atoms with Gasteiger partial charge in [-0.2, -0.15) is 0 Å². The number of likely N-dealkylation sites (N-methyl/N-ethyl adjacent to an activating group) is 1. The molecule has 6 heteroatoms. The lowest BCUT2D eigenvalue weighted by Crippen LogP contribution is -2.52. The van der Waals surface area contributed by atoms with E-state index >= 15 is 0 Å². The Hall–Kier alpha value is -1.95. The molecule has 1 saturated heterocycles. The fourth-order valence-electron chi connectivity index (χ4n) is 2.38. The van der Waals surface area contributed by atoms with Crippen LogP contribution in [0.1, 0.15) is 5.56 Å². The molecule has 1 heterocycles. The van der Waals surface area contributed by atoms with Crippen molar-refractivity contribution >= 4 is 11.8 Å². The summed E-state index contributed by atoms with van der Waals surface area (Å²) in [7, 11) is 1.73. The van der Waals surface area contributed by atoms with Gasteiger partial charge in [-0.25, -0.2) is 4.39 Å². The molecule has 1 aromatic carbocycles. The second kappa shape index (κ2) is 7.17. The highest BCUT2D eigenvalue weighted by Gasteiger charge is 2.24. The summed E-state index contributed by atoms with van der Waals surface area (Å²) in [4.78, 5) is 27.3. The second-order valence-corrected chi connectivity index (χ2v) is 5.06. The molecule has 0 spiro atoms. The van der Waals surface area contributed by atoms with E-state index in [-0.39, 0.29) is 24.1 Å². The maximum absolute atomic E-state index is 13.5. The normalized spacial score (nSPS) is 15.1. The summed E-state index contributed by atoms with van der Waals surface area (Å²) in [6.45, 7) is 2.38. The molecule has 2 amide bonds. The van der Waals surface area contributed by atoms with Crippen molar-refractivity contribution in [3.8, 4) is 0 Å². The molecule has 1 N–H and O–H groups in total. The molecule has 0 atom stereocenters. The Morgan fingerprint density at radius 3 is 2.24 bits per heavy atom. The Morgan fingerprint density at radius 2 is 1.67 bits per heavy atom. The van der Waals surface area contributed by atoms with Gasteiger partial charge < -0.3 is 15.1 Å². The van der Waals surface area contributed by atoms with E-state index in [0.717, 1.165) is 0 Å². The van der Waals surface area contributed by atoms with Gasteiger partial charge in [-0.1, -0.05) is 18.2 Å². The molecule has 0 radical (unpaired) electrons. The fraction of sp³-hybridized carbons (Fsp3) is 0.467. The number of amides is 2. The molecule has 0 unspecified atom stereocenters. The van der Waals surface area contributed by atoms with Crippen LogP contribution in [0.15, 0.2) is 24.3 Å². The van der Waals surface area contributed by atoms with Crippen molar-refractivity contribution in [2.24, 2.45) is 0 Å². The summed E-state index contributed by atoms with van der Waals surface area (Å²) in [6, 6.07) is 6.31. The minimum absolute atomic E-state index is 0.0405. The molecule has 0 aliphatic carbocycles. The van der Waals surface area contributed by atoms with Crippen LogP contribution in [0.4, 0.5) is 4.39 Å². The lowest BCUT2D eigenvalue weighted by molar-refractivity contribution is -0.138. The Balaban J connectivity index is 1.86. The number of nitrogens with zero attached hydrogens (tertiary/aromatic N) is 2. The maximum Gasteiger partial charge on any atom is 0.236 e. The zero-order valence-electron chi connectivity index (χ0n) is 12.1. The largest absolute Gasteiger partial charge is 0.339 e. The van der Waals surface area contributed by atoms with Crippen molar-refractivity contribution in [3.63, 3.8) is 0 Å². The zero-order valence-corrected chi connectivity index (χ0v) is 12.1. The number of benzene rings is 1. The van der Waals surface area contributed by atoms with Gasteiger partial charge in [0.15, 0.2) is 0 Å². The first-order chi connectivity index (χ1) is 10.1. The van der Waals surface area contributed by atoms with E-state index in [1.165, 1.54) is 6.07 Å². The topological polar surface area (TPSA) is 52.7 Å². The highest BCUT2D eigenvalue weighted by Crippen LogP contribution is 2.10. The van der Waals surface area contributed by atoms with Gasteiger partial charge in [-0.15, -0.1) is 0 Å². The highest BCUT2D eigenvalue weighted by atomic mass is 19.1. The second-order valence-electron chi connectivity index (χ2n) is 5.06. The summed E-state index contributed by atoms with van der Waals surface area (Å²) < 4.78 is 13.5. The third-order valence-electron chi connectivity index (χ3n) is 3.61. The van der Waals surface area contributed by atoms with Crippen LogP contribution < -0.4 is 5.32 Å². The van der Waals surface area contributed by atoms with Gasteiger partial charge in [-0.3, -0.25) is 9.59 Å². The van der Waals surface area contributed by atoms with Crippen LogP contribution in [0.3, 0.4) is 0 Å². The first kappa shape index (κ1) is 15.4. The Morgan fingerprint density at radius 1 is 1.10 bits per heavy atom. The highest BCUT2D eigenvalue weighted by molar-refractivity contribution is 5.80. The van der Waals surface area contributed by atoms with Crippen LogP contribution in [-0.4, -0.2) is 61.4 Å². The monoisotopic (exact) mass is 293 g/mol. The van der Waals surface area contributed by atoms with Gasteiger partial charge >= 0.3 is 0 Å². The van der Waals surface area contributed by atoms with Gasteiger partial charge in [0.05, 0.1) is 13.0 Å². The summed E-state index contributed by atoms with van der Waals surface area (Å²) in [5.41, 5.74) is 0.413. The SMILES string of the molecule is CNCC(=O)N1CCN(C(=O)Cc2ccccc2F)CC1. The van der Waals surface area contributed by atoms with Crippen molar-refractivity contribution in [1.29, 1.82) is 0 Å². The van der Waals surface area contributed by atoms with Crippen molar-refractivity contribution in [2.75, 3.05) is 39.8 Å². The lowest BCUT2D eigenvalue weighted by atomic mass is 10.1. The predicted octanol–water partition coefficient (Wildman–Crippen LogP) is 0.258. The fourth-order valence-corrected chi connectivity index (χ4v) is 2.38. The van der Waals surface area contributed by atoms with Crippen molar-refractivity contribution in [3.05, 3.63) is 35.6 Å². The molecule has 2 rings (SSSR count). The molecular weight excluding hydrogens is 273 g/mol. The Kier molecular flexibility index (Phi) is 5.27. The third kappa shape index (κ3) is 4.01. The molecular formula is C15H20FN3O2. The summed E-state index contributed by atoms with van der Waals surface area (Å²) in [5, 5.41) is 2.82. The van der Waals surface area contributed by atoms with Crippen molar-refractivity contribution in [2.45, 2.75) is 6.42 Å². The number of piperazine rings is 1. The Labute approximate surface area is 123 Å². The number of hydrogen-bond donors (Lipinski definition) is 1. The first-order valence-corrected chi connectivity index (χ1v) is 7.05. The summed E-state index contributed by atoms with van der Waals surface area (Å²) in [5.74, 6) is -0.409. The predicted molar refractivity (Wildman–Crippen MR) is 77.2 cm³/mol. The van der Waals surface area contributed by atoms with Crippen LogP contribution in [0.2, 0.25) is 0 Å². The van der Waals surface area contributed by atoms with Gasteiger partial charge in [0.1, 0.15) is 5.82 Å². The van der Waals surface area contributed by atoms with Gasteiger partial charge in [0, 0.05) is 26.2 Å². The van der Waals surface area contributed by atoms with E-state index < -0.39 is 0 Å². The van der Waals surface area contributed by atoms with E-state index in [4.69, 9.17) is 0 Å². The minimum atomic E-state index is -0.353. The number of halogens is 1. The number of nitrogens with one attached hydrogen (secondary N) is 1. The molecule has 1 aliphatic heterocycles. The van der Waals surface area contributed by atoms with Gasteiger partial charge in [-0.05, 0) is 18.7 Å². The van der Waals surface area contributed by atoms with E-state index in [2.05, 4.69) is 5.32 Å². The molecule has 114 valence electrons. The van der Waals surface area contributed by atoms with Gasteiger partial charge in [0.2, 0.25) is 11.8 Å². The molecule has 0 aromatic heterocycles. The summed E-state index contributed by atoms with van der Waals surface area (Å²) in [6.07, 6.45) is 0.0666. The van der Waals surface area contributed by atoms with Crippen molar-refractivity contribution in [1.82, 2.24) is 15.1 Å². The minimum Gasteiger partial charge on any atom is -0.339 e. The Bertz CT molecular complexity index is 513. The number of carbonyl (C=O) groups excluding carboxylic acids is 2. The van der Waals surface area contributed by atoms with E-state index in [0.29, 0.717) is 38.3 Å². The zero-order chi connectivity index (χ0) is 15.2. The molecule has 0 saturated carbocycles. The van der Waals surface area contributed by atoms with E-state index in [1.54, 1.807) is 35.0 Å². The van der Waals surface area contributed by atoms with Crippen LogP contribution in [0.5, 0.6) is 0 Å². The molecule has 1 aliphatic rings. The number of rotatable bonds is 4. The van der Waals surface area contributed by atoms with Crippen LogP contribution >= 0.6 is 0 Å². The third-order valence-corrected chi connectivity index (χ3v) is 3.61. The van der Waals surface area contributed by atoms with Crippen LogP contribution in [-0.2, 0) is 16.0 Å². The van der Waals surface area contributed by atoms with Crippen LogP contribution in [0, 0.1) is 5.82 Å². The number of hydrogen-bond acceptors (Lipinski definition) is 3. The summed E-state index contributed by atoms with van der Waals surface area (Å²) >= 11 is 0. The van der Waals surface area contributed by atoms with E-state index in [1.807, 2.05) is 0 Å². The molecule has 5 nitrogen and oxygen atoms in total. The molecule has 1 aromatic rings. The standard InChI is InChI=1S/C15H20FN3O2/c1-17-11-15(21)19-8-6-18(7-9-19)14(20)10-12-4-2-3-5-13(12)16/h2-5,17H,6-11H2,1H3. The van der Waals surface area contributed by atoms with Crippen molar-refractivity contribution < 1.29 is 14.0 Å². The lowest BCUT2D eigenvalue weighted by Gasteiger charge is -2.34. The molecule has 21 heavy (non-hydrogen) atoms. The molecule has 0 bridgehead atoms.